The average Bonchev–Trinajstić information content (AvgIpc) is 2.75. The van der Waals surface area contributed by atoms with Crippen LogP contribution in [0.1, 0.15) is 29.2 Å². The van der Waals surface area contributed by atoms with Crippen molar-refractivity contribution in [3.05, 3.63) is 65.5 Å². The number of nitrogens with zero attached hydrogens (tertiary/aromatic N) is 2. The van der Waals surface area contributed by atoms with Gasteiger partial charge in [-0.2, -0.15) is 0 Å². The summed E-state index contributed by atoms with van der Waals surface area (Å²) < 4.78 is 11.7. The molecule has 0 aliphatic carbocycles. The van der Waals surface area contributed by atoms with Crippen molar-refractivity contribution in [3.63, 3.8) is 0 Å². The maximum Gasteiger partial charge on any atom is 0.161 e. The summed E-state index contributed by atoms with van der Waals surface area (Å²) in [7, 11) is 5.87. The first-order chi connectivity index (χ1) is 14.2. The number of benzene rings is 2. The first-order valence-electron chi connectivity index (χ1n) is 10.2. The van der Waals surface area contributed by atoms with Gasteiger partial charge in [-0.25, -0.2) is 0 Å². The minimum absolute atomic E-state index is 0.145. The fourth-order valence-electron chi connectivity index (χ4n) is 3.98. The number of pyridine rings is 1. The number of rotatable bonds is 7. The molecule has 152 valence electrons. The molecular weight excluding hydrogens is 362 g/mol. The van der Waals surface area contributed by atoms with E-state index < -0.39 is 0 Å². The Hall–Kier alpha value is -2.63. The van der Waals surface area contributed by atoms with Crippen LogP contribution in [0.15, 0.2) is 48.8 Å². The molecule has 0 saturated heterocycles. The minimum atomic E-state index is 0.145. The van der Waals surface area contributed by atoms with Crippen LogP contribution >= 0.6 is 0 Å². The second-order valence-electron chi connectivity index (χ2n) is 7.83. The van der Waals surface area contributed by atoms with Crippen LogP contribution in [0.25, 0.3) is 10.8 Å². The lowest BCUT2D eigenvalue weighted by atomic mass is 9.88. The molecule has 1 unspecified atom stereocenters. The molecule has 1 aliphatic rings. The van der Waals surface area contributed by atoms with Crippen molar-refractivity contribution in [3.8, 4) is 11.5 Å². The Morgan fingerprint density at radius 2 is 2.00 bits per heavy atom. The lowest BCUT2D eigenvalue weighted by Gasteiger charge is -2.29. The van der Waals surface area contributed by atoms with Crippen molar-refractivity contribution in [2.45, 2.75) is 18.9 Å². The molecule has 0 fully saturated rings. The second-order valence-corrected chi connectivity index (χ2v) is 7.83. The predicted molar refractivity (Wildman–Crippen MR) is 117 cm³/mol. The average molecular weight is 392 g/mol. The number of hydrogen-bond acceptors (Lipinski definition) is 5. The van der Waals surface area contributed by atoms with E-state index in [4.69, 9.17) is 9.47 Å². The van der Waals surface area contributed by atoms with Gasteiger partial charge in [0.1, 0.15) is 0 Å². The molecule has 29 heavy (non-hydrogen) atoms. The Kier molecular flexibility index (Phi) is 5.97. The summed E-state index contributed by atoms with van der Waals surface area (Å²) >= 11 is 0. The molecule has 0 radical (unpaired) electrons. The van der Waals surface area contributed by atoms with Gasteiger partial charge in [-0.1, -0.05) is 12.1 Å². The Bertz CT molecular complexity index is 987. The topological polar surface area (TPSA) is 46.6 Å². The van der Waals surface area contributed by atoms with Gasteiger partial charge >= 0.3 is 0 Å². The molecule has 3 aromatic rings. The monoisotopic (exact) mass is 391 g/mol. The Balaban J connectivity index is 1.64. The quantitative estimate of drug-likeness (QED) is 0.621. The van der Waals surface area contributed by atoms with Gasteiger partial charge in [-0.05, 0) is 73.3 Å². The van der Waals surface area contributed by atoms with Crippen LogP contribution in [0.3, 0.4) is 0 Å². The van der Waals surface area contributed by atoms with E-state index >= 15 is 0 Å². The summed E-state index contributed by atoms with van der Waals surface area (Å²) in [6.07, 6.45) is 5.72. The minimum Gasteiger partial charge on any atom is -0.493 e. The molecule has 0 saturated carbocycles. The number of fused-ring (bicyclic) bond motifs is 2. The van der Waals surface area contributed by atoms with Crippen LogP contribution in [0.4, 0.5) is 0 Å². The van der Waals surface area contributed by atoms with Gasteiger partial charge in [0.15, 0.2) is 11.5 Å². The van der Waals surface area contributed by atoms with Crippen LogP contribution in [-0.2, 0) is 6.42 Å². The van der Waals surface area contributed by atoms with Gasteiger partial charge in [-0.3, -0.25) is 4.98 Å². The van der Waals surface area contributed by atoms with E-state index in [-0.39, 0.29) is 6.04 Å². The summed E-state index contributed by atoms with van der Waals surface area (Å²) in [5.41, 5.74) is 3.85. The zero-order valence-corrected chi connectivity index (χ0v) is 17.4. The maximum absolute atomic E-state index is 6.11. The first kappa shape index (κ1) is 19.7. The Morgan fingerprint density at radius 1 is 1.10 bits per heavy atom. The molecule has 2 heterocycles. The molecule has 2 aromatic carbocycles. The number of nitrogens with one attached hydrogen (secondary N) is 1. The van der Waals surface area contributed by atoms with Gasteiger partial charge in [0.25, 0.3) is 0 Å². The van der Waals surface area contributed by atoms with Crippen molar-refractivity contribution in [2.75, 3.05) is 40.9 Å². The standard InChI is InChI=1S/C24H29N3O2/c1-27(2)11-4-12-29-23-15-21-18(14-22(23)28-3)8-10-26-24(21)19-5-6-20-16-25-9-7-17(20)13-19/h5-7,9,13-16,24,26H,4,8,10-12H2,1-3H3. The summed E-state index contributed by atoms with van der Waals surface area (Å²) in [5, 5.41) is 6.05. The third kappa shape index (κ3) is 4.36. The number of aromatic nitrogens is 1. The van der Waals surface area contributed by atoms with Crippen molar-refractivity contribution in [1.29, 1.82) is 0 Å². The second kappa shape index (κ2) is 8.80. The van der Waals surface area contributed by atoms with E-state index in [9.17, 15) is 0 Å². The van der Waals surface area contributed by atoms with Crippen molar-refractivity contribution in [1.82, 2.24) is 15.2 Å². The maximum atomic E-state index is 6.11. The highest BCUT2D eigenvalue weighted by molar-refractivity contribution is 5.82. The van der Waals surface area contributed by atoms with Crippen molar-refractivity contribution >= 4 is 10.8 Å². The van der Waals surface area contributed by atoms with Gasteiger partial charge in [0.05, 0.1) is 19.8 Å². The normalized spacial score (nSPS) is 16.1. The van der Waals surface area contributed by atoms with Gasteiger partial charge in [-0.15, -0.1) is 0 Å². The molecule has 0 amide bonds. The summed E-state index contributed by atoms with van der Waals surface area (Å²) in [6.45, 7) is 2.62. The highest BCUT2D eigenvalue weighted by atomic mass is 16.5. The van der Waals surface area contributed by atoms with Crippen LogP contribution in [0, 0.1) is 0 Å². The highest BCUT2D eigenvalue weighted by Gasteiger charge is 2.24. The zero-order chi connectivity index (χ0) is 20.2. The molecule has 5 heteroatoms. The lowest BCUT2D eigenvalue weighted by molar-refractivity contribution is 0.267. The van der Waals surface area contributed by atoms with Gasteiger partial charge in [0, 0.05) is 30.9 Å². The third-order valence-corrected chi connectivity index (χ3v) is 5.48. The first-order valence-corrected chi connectivity index (χ1v) is 10.2. The molecule has 1 aliphatic heterocycles. The fourth-order valence-corrected chi connectivity index (χ4v) is 3.98. The van der Waals surface area contributed by atoms with Gasteiger partial charge < -0.3 is 19.7 Å². The molecule has 5 nitrogen and oxygen atoms in total. The molecule has 4 rings (SSSR count). The van der Waals surface area contributed by atoms with Crippen LogP contribution in [-0.4, -0.2) is 50.8 Å². The van der Waals surface area contributed by atoms with E-state index in [1.807, 2.05) is 12.4 Å². The molecule has 1 aromatic heterocycles. The number of hydrogen-bond donors (Lipinski definition) is 1. The van der Waals surface area contributed by atoms with Crippen molar-refractivity contribution < 1.29 is 9.47 Å². The summed E-state index contributed by atoms with van der Waals surface area (Å²) in [6, 6.07) is 13.1. The third-order valence-electron chi connectivity index (χ3n) is 5.48. The molecule has 0 bridgehead atoms. The number of ether oxygens (including phenoxy) is 2. The van der Waals surface area contributed by atoms with E-state index in [1.165, 1.54) is 22.1 Å². The lowest BCUT2D eigenvalue weighted by Crippen LogP contribution is -2.30. The van der Waals surface area contributed by atoms with E-state index in [1.54, 1.807) is 7.11 Å². The van der Waals surface area contributed by atoms with Crippen LogP contribution in [0.5, 0.6) is 11.5 Å². The molecule has 1 N–H and O–H groups in total. The number of methoxy groups -OCH3 is 1. The smallest absolute Gasteiger partial charge is 0.161 e. The Labute approximate surface area is 172 Å². The Morgan fingerprint density at radius 3 is 2.83 bits per heavy atom. The van der Waals surface area contributed by atoms with E-state index in [2.05, 4.69) is 65.7 Å². The zero-order valence-electron chi connectivity index (χ0n) is 17.4. The van der Waals surface area contributed by atoms with E-state index in [0.29, 0.717) is 6.61 Å². The van der Waals surface area contributed by atoms with E-state index in [0.717, 1.165) is 42.8 Å². The fraction of sp³-hybridized carbons (Fsp3) is 0.375. The SMILES string of the molecule is COc1cc2c(cc1OCCCN(C)C)C(c1ccc3cnccc3c1)NCC2. The highest BCUT2D eigenvalue weighted by Crippen LogP contribution is 2.38. The largest absolute Gasteiger partial charge is 0.493 e. The summed E-state index contributed by atoms with van der Waals surface area (Å²) in [4.78, 5) is 6.39. The predicted octanol–water partition coefficient (Wildman–Crippen LogP) is 3.81. The van der Waals surface area contributed by atoms with Crippen LogP contribution in [0.2, 0.25) is 0 Å². The van der Waals surface area contributed by atoms with Crippen molar-refractivity contribution in [2.24, 2.45) is 0 Å². The molecule has 1 atom stereocenters. The molecular formula is C24H29N3O2. The van der Waals surface area contributed by atoms with Gasteiger partial charge in [0.2, 0.25) is 0 Å². The van der Waals surface area contributed by atoms with Crippen LogP contribution < -0.4 is 14.8 Å². The molecule has 0 spiro atoms. The summed E-state index contributed by atoms with van der Waals surface area (Å²) in [5.74, 6) is 1.64.